The first-order valence-electron chi connectivity index (χ1n) is 13.2. The number of alkyl halides is 6. The normalized spacial score (nSPS) is 12.2. The summed E-state index contributed by atoms with van der Waals surface area (Å²) in [6, 6.07) is 10.6. The van der Waals surface area contributed by atoms with Gasteiger partial charge in [-0.1, -0.05) is 18.2 Å². The highest BCUT2D eigenvalue weighted by Crippen LogP contribution is 2.36. The van der Waals surface area contributed by atoms with Crippen molar-refractivity contribution in [3.8, 4) is 17.2 Å². The Kier molecular flexibility index (Phi) is 10.8. The minimum Gasteiger partial charge on any atom is -0.490 e. The van der Waals surface area contributed by atoms with E-state index in [-0.39, 0.29) is 35.3 Å². The molecular formula is C29H29F6N5O5. The maximum absolute atomic E-state index is 13.5. The smallest absolute Gasteiger partial charge is 0.490 e. The monoisotopic (exact) mass is 641 g/mol. The molecule has 0 radical (unpaired) electrons. The van der Waals surface area contributed by atoms with Crippen molar-refractivity contribution in [3.63, 3.8) is 0 Å². The highest BCUT2D eigenvalue weighted by molar-refractivity contribution is 5.99. The molecule has 1 atom stereocenters. The average Bonchev–Trinajstić information content (AvgIpc) is 2.94. The Balaban J connectivity index is 2.05. The van der Waals surface area contributed by atoms with Crippen LogP contribution in [0.2, 0.25) is 0 Å². The second kappa shape index (κ2) is 14.1. The standard InChI is InChI=1S/C29H29F6N5O5/c1-4-43-23-13-16(9-12-21(23)44-15(2)3)24(26(41)40-39-20-8-6-5-7-19(20)28(30,31)32)38-17-10-11-18(25(36)37)22(14-17)45-27(42)29(33,34)35/h5-15,24,38-39H,4H2,1-3H3,(H3,36,37)(H,40,41). The molecule has 0 saturated carbocycles. The lowest BCUT2D eigenvalue weighted by atomic mass is 10.0. The molecular weight excluding hydrogens is 612 g/mol. The summed E-state index contributed by atoms with van der Waals surface area (Å²) in [4.78, 5) is 25.0. The number of halogens is 6. The topological polar surface area (TPSA) is 148 Å². The number of amides is 1. The number of carbonyl (C=O) groups excluding carboxylic acids is 2. The molecule has 1 unspecified atom stereocenters. The number of benzene rings is 3. The van der Waals surface area contributed by atoms with Crippen LogP contribution in [0.25, 0.3) is 0 Å². The molecule has 0 fully saturated rings. The van der Waals surface area contributed by atoms with Gasteiger partial charge in [-0.25, -0.2) is 4.79 Å². The summed E-state index contributed by atoms with van der Waals surface area (Å²) in [5.74, 6) is -4.40. The second-order valence-corrected chi connectivity index (χ2v) is 9.55. The fraction of sp³-hybridized carbons (Fsp3) is 0.276. The van der Waals surface area contributed by atoms with Crippen molar-refractivity contribution in [1.29, 1.82) is 5.41 Å². The molecule has 242 valence electrons. The van der Waals surface area contributed by atoms with Crippen LogP contribution in [0.1, 0.15) is 43.5 Å². The number of rotatable bonds is 12. The number of ether oxygens (including phenoxy) is 3. The second-order valence-electron chi connectivity index (χ2n) is 9.55. The summed E-state index contributed by atoms with van der Waals surface area (Å²) >= 11 is 0. The Labute approximate surface area is 253 Å². The number of hydrazine groups is 1. The van der Waals surface area contributed by atoms with Crippen LogP contribution in [-0.4, -0.2) is 36.6 Å². The van der Waals surface area contributed by atoms with Gasteiger partial charge in [0.25, 0.3) is 5.91 Å². The first-order valence-corrected chi connectivity index (χ1v) is 13.2. The quantitative estimate of drug-likeness (QED) is 0.0408. The summed E-state index contributed by atoms with van der Waals surface area (Å²) in [6.45, 7) is 5.47. The fourth-order valence-electron chi connectivity index (χ4n) is 3.91. The van der Waals surface area contributed by atoms with Crippen LogP contribution in [0.4, 0.5) is 37.7 Å². The zero-order valence-corrected chi connectivity index (χ0v) is 24.0. The largest absolute Gasteiger partial charge is 0.491 e. The van der Waals surface area contributed by atoms with Crippen LogP contribution in [0.15, 0.2) is 60.7 Å². The molecule has 0 aliphatic rings. The van der Waals surface area contributed by atoms with Gasteiger partial charge >= 0.3 is 18.3 Å². The maximum atomic E-state index is 13.5. The van der Waals surface area contributed by atoms with Gasteiger partial charge in [0.1, 0.15) is 17.6 Å². The SMILES string of the molecule is CCOc1cc(C(Nc2ccc(C(=N)N)c(OC(=O)C(F)(F)F)c2)C(=O)NNc2ccccc2C(F)(F)F)ccc1OC(C)C. The summed E-state index contributed by atoms with van der Waals surface area (Å²) < 4.78 is 95.1. The van der Waals surface area contributed by atoms with Crippen molar-refractivity contribution in [2.45, 2.75) is 45.3 Å². The number of nitrogens with one attached hydrogen (secondary N) is 4. The molecule has 6 N–H and O–H groups in total. The van der Waals surface area contributed by atoms with Gasteiger partial charge in [-0.05, 0) is 62.7 Å². The molecule has 0 heterocycles. The minimum absolute atomic E-state index is 0.0821. The third-order valence-electron chi connectivity index (χ3n) is 5.80. The number of amidine groups is 1. The zero-order valence-electron chi connectivity index (χ0n) is 24.0. The minimum atomic E-state index is -5.37. The van der Waals surface area contributed by atoms with Crippen LogP contribution in [0, 0.1) is 5.41 Å². The predicted molar refractivity (Wildman–Crippen MR) is 152 cm³/mol. The van der Waals surface area contributed by atoms with Gasteiger partial charge in [0, 0.05) is 11.8 Å². The molecule has 0 aromatic heterocycles. The van der Waals surface area contributed by atoms with Gasteiger partial charge in [-0.3, -0.25) is 21.1 Å². The van der Waals surface area contributed by atoms with Gasteiger partial charge < -0.3 is 25.3 Å². The van der Waals surface area contributed by atoms with Crippen molar-refractivity contribution in [3.05, 3.63) is 77.4 Å². The number of anilines is 2. The number of esters is 1. The van der Waals surface area contributed by atoms with Crippen LogP contribution in [0.3, 0.4) is 0 Å². The summed E-state index contributed by atoms with van der Waals surface area (Å²) in [5, 5.41) is 10.4. The number of nitrogen functional groups attached to an aromatic ring is 1. The molecule has 45 heavy (non-hydrogen) atoms. The van der Waals surface area contributed by atoms with Crippen LogP contribution in [-0.2, 0) is 15.8 Å². The highest BCUT2D eigenvalue weighted by Gasteiger charge is 2.42. The molecule has 3 aromatic carbocycles. The molecule has 3 rings (SSSR count). The summed E-state index contributed by atoms with van der Waals surface area (Å²) in [7, 11) is 0. The van der Waals surface area contributed by atoms with E-state index in [1.54, 1.807) is 20.8 Å². The fourth-order valence-corrected chi connectivity index (χ4v) is 3.91. The Morgan fingerprint density at radius 3 is 2.22 bits per heavy atom. The maximum Gasteiger partial charge on any atom is 0.491 e. The Morgan fingerprint density at radius 1 is 0.933 bits per heavy atom. The van der Waals surface area contributed by atoms with E-state index in [2.05, 4.69) is 20.9 Å². The van der Waals surface area contributed by atoms with Crippen molar-refractivity contribution in [2.24, 2.45) is 5.73 Å². The molecule has 0 bridgehead atoms. The molecule has 0 aliphatic heterocycles. The predicted octanol–water partition coefficient (Wildman–Crippen LogP) is 5.94. The van der Waals surface area contributed by atoms with Crippen LogP contribution in [0.5, 0.6) is 17.2 Å². The van der Waals surface area contributed by atoms with Gasteiger partial charge in [-0.2, -0.15) is 26.3 Å². The lowest BCUT2D eigenvalue weighted by molar-refractivity contribution is -0.189. The number of carbonyl (C=O) groups is 2. The van der Waals surface area contributed by atoms with E-state index in [4.69, 9.17) is 20.6 Å². The molecule has 3 aromatic rings. The first-order chi connectivity index (χ1) is 21.0. The number of hydrogen-bond donors (Lipinski definition) is 5. The number of nitrogens with two attached hydrogens (primary N) is 1. The molecule has 0 spiro atoms. The number of para-hydroxylation sites is 1. The Hall–Kier alpha value is -5.15. The van der Waals surface area contributed by atoms with E-state index < -0.39 is 53.1 Å². The van der Waals surface area contributed by atoms with E-state index in [9.17, 15) is 35.9 Å². The average molecular weight is 642 g/mol. The van der Waals surface area contributed by atoms with E-state index in [1.165, 1.54) is 36.4 Å². The molecule has 10 nitrogen and oxygen atoms in total. The lowest BCUT2D eigenvalue weighted by Crippen LogP contribution is -2.37. The van der Waals surface area contributed by atoms with E-state index in [0.29, 0.717) is 5.75 Å². The van der Waals surface area contributed by atoms with Gasteiger partial charge in [0.2, 0.25) is 0 Å². The van der Waals surface area contributed by atoms with Crippen molar-refractivity contribution >= 4 is 29.1 Å². The first kappa shape index (κ1) is 34.3. The Morgan fingerprint density at radius 2 is 1.62 bits per heavy atom. The van der Waals surface area contributed by atoms with Gasteiger partial charge in [0.15, 0.2) is 11.5 Å². The van der Waals surface area contributed by atoms with Gasteiger partial charge in [0.05, 0.1) is 29.5 Å². The van der Waals surface area contributed by atoms with Crippen molar-refractivity contribution in [2.75, 3.05) is 17.3 Å². The van der Waals surface area contributed by atoms with E-state index in [1.807, 2.05) is 0 Å². The summed E-state index contributed by atoms with van der Waals surface area (Å²) in [6.07, 6.45) is -10.4. The molecule has 1 amide bonds. The van der Waals surface area contributed by atoms with Crippen LogP contribution < -0.4 is 36.1 Å². The lowest BCUT2D eigenvalue weighted by Gasteiger charge is -2.23. The molecule has 16 heteroatoms. The third kappa shape index (κ3) is 9.17. The zero-order chi connectivity index (χ0) is 33.5. The molecule has 0 saturated heterocycles. The van der Waals surface area contributed by atoms with E-state index >= 15 is 0 Å². The van der Waals surface area contributed by atoms with Crippen molar-refractivity contribution < 1.29 is 50.1 Å². The van der Waals surface area contributed by atoms with Gasteiger partial charge in [-0.15, -0.1) is 0 Å². The third-order valence-corrected chi connectivity index (χ3v) is 5.80. The van der Waals surface area contributed by atoms with Crippen molar-refractivity contribution in [1.82, 2.24) is 5.43 Å². The molecule has 0 aliphatic carbocycles. The Bertz CT molecular complexity index is 1540. The van der Waals surface area contributed by atoms with E-state index in [0.717, 1.165) is 24.3 Å². The summed E-state index contributed by atoms with van der Waals surface area (Å²) in [5.41, 5.74) is 8.15. The highest BCUT2D eigenvalue weighted by atomic mass is 19.4. The van der Waals surface area contributed by atoms with Crippen LogP contribution >= 0.6 is 0 Å². The number of hydrogen-bond acceptors (Lipinski definition) is 8.